The molecule has 0 saturated heterocycles. The lowest BCUT2D eigenvalue weighted by molar-refractivity contribution is -0.113. The molecule has 8 nitrogen and oxygen atoms in total. The summed E-state index contributed by atoms with van der Waals surface area (Å²) in [6, 6.07) is 8.77. The average Bonchev–Trinajstić information content (AvgIpc) is 3.47. The molecule has 3 aromatic rings. The minimum atomic E-state index is -0.417. The molecule has 0 radical (unpaired) electrons. The summed E-state index contributed by atoms with van der Waals surface area (Å²) in [5.74, 6) is 0.451. The quantitative estimate of drug-likeness (QED) is 0.206. The van der Waals surface area contributed by atoms with Gasteiger partial charge in [0, 0.05) is 11.4 Å². The normalized spacial score (nSPS) is 13.4. The van der Waals surface area contributed by atoms with Crippen LogP contribution in [0.3, 0.4) is 0 Å². The SMILES string of the molecule is C=CCn1c(SCC(=O)Nc2sc3c(c2C#N)CCCC3)nnc1[C@@H](CC(C)C)NC(=O)c1ccccc1Cl. The van der Waals surface area contributed by atoms with Crippen LogP contribution in [0.15, 0.2) is 42.1 Å². The van der Waals surface area contributed by atoms with E-state index >= 15 is 0 Å². The highest BCUT2D eigenvalue weighted by atomic mass is 35.5. The number of carbonyl (C=O) groups is 2. The van der Waals surface area contributed by atoms with E-state index in [2.05, 4.69) is 47.3 Å². The van der Waals surface area contributed by atoms with Crippen LogP contribution in [0.2, 0.25) is 5.02 Å². The van der Waals surface area contributed by atoms with Crippen LogP contribution in [0.1, 0.15) is 71.3 Å². The Morgan fingerprint density at radius 2 is 2.05 bits per heavy atom. The van der Waals surface area contributed by atoms with Crippen LogP contribution in [0, 0.1) is 17.2 Å². The van der Waals surface area contributed by atoms with E-state index in [1.54, 1.807) is 30.3 Å². The molecule has 0 unspecified atom stereocenters. The Labute approximate surface area is 241 Å². The maximum Gasteiger partial charge on any atom is 0.253 e. The highest BCUT2D eigenvalue weighted by Crippen LogP contribution is 2.37. The van der Waals surface area contributed by atoms with Crippen molar-refractivity contribution < 1.29 is 9.59 Å². The molecule has 0 aliphatic heterocycles. The number of nitriles is 1. The number of hydrogen-bond donors (Lipinski definition) is 2. The van der Waals surface area contributed by atoms with Crippen molar-refractivity contribution in [2.45, 2.75) is 63.7 Å². The Morgan fingerprint density at radius 3 is 2.77 bits per heavy atom. The van der Waals surface area contributed by atoms with Gasteiger partial charge in [-0.05, 0) is 55.7 Å². The molecule has 0 fully saturated rings. The van der Waals surface area contributed by atoms with Crippen molar-refractivity contribution in [3.05, 3.63) is 69.3 Å². The second kappa shape index (κ2) is 13.3. The number of nitrogens with one attached hydrogen (secondary N) is 2. The molecule has 204 valence electrons. The van der Waals surface area contributed by atoms with Gasteiger partial charge in [0.25, 0.3) is 5.91 Å². The second-order valence-corrected chi connectivity index (χ2v) is 12.2. The molecule has 1 atom stereocenters. The third-order valence-corrected chi connectivity index (χ3v) is 8.87. The van der Waals surface area contributed by atoms with E-state index in [0.29, 0.717) is 45.1 Å². The Balaban J connectivity index is 1.50. The van der Waals surface area contributed by atoms with Gasteiger partial charge in [0.15, 0.2) is 11.0 Å². The third-order valence-electron chi connectivity index (χ3n) is 6.37. The van der Waals surface area contributed by atoms with Crippen LogP contribution in [0.4, 0.5) is 5.00 Å². The summed E-state index contributed by atoms with van der Waals surface area (Å²) in [4.78, 5) is 27.1. The molecule has 2 aromatic heterocycles. The number of halogens is 1. The number of rotatable bonds is 11. The molecule has 0 saturated carbocycles. The molecule has 1 aliphatic carbocycles. The van der Waals surface area contributed by atoms with Crippen molar-refractivity contribution >= 4 is 51.5 Å². The molecule has 4 rings (SSSR count). The number of amides is 2. The Kier molecular flexibility index (Phi) is 9.83. The largest absolute Gasteiger partial charge is 0.342 e. The average molecular weight is 583 g/mol. The first-order valence-electron chi connectivity index (χ1n) is 12.9. The molecule has 2 N–H and O–H groups in total. The Bertz CT molecular complexity index is 1410. The Morgan fingerprint density at radius 1 is 1.28 bits per heavy atom. The Hall–Kier alpha value is -3.13. The number of carbonyl (C=O) groups excluding carboxylic acids is 2. The second-order valence-electron chi connectivity index (χ2n) is 9.74. The van der Waals surface area contributed by atoms with Gasteiger partial charge in [0.05, 0.1) is 27.9 Å². The zero-order chi connectivity index (χ0) is 27.9. The van der Waals surface area contributed by atoms with Gasteiger partial charge in [-0.1, -0.05) is 55.4 Å². The molecule has 1 aliphatic rings. The van der Waals surface area contributed by atoms with Gasteiger partial charge in [-0.2, -0.15) is 5.26 Å². The van der Waals surface area contributed by atoms with E-state index in [1.165, 1.54) is 28.0 Å². The van der Waals surface area contributed by atoms with E-state index in [0.717, 1.165) is 31.2 Å². The lowest BCUT2D eigenvalue weighted by Crippen LogP contribution is -2.32. The van der Waals surface area contributed by atoms with E-state index in [1.807, 2.05) is 4.57 Å². The van der Waals surface area contributed by atoms with Crippen LogP contribution in [-0.2, 0) is 24.2 Å². The molecule has 2 amide bonds. The van der Waals surface area contributed by atoms with Crippen molar-refractivity contribution in [1.29, 1.82) is 5.26 Å². The number of allylic oxidation sites excluding steroid dienone is 1. The van der Waals surface area contributed by atoms with Crippen LogP contribution < -0.4 is 10.6 Å². The number of hydrogen-bond acceptors (Lipinski definition) is 7. The summed E-state index contributed by atoms with van der Waals surface area (Å²) in [6.45, 7) is 8.42. The van der Waals surface area contributed by atoms with E-state index in [4.69, 9.17) is 11.6 Å². The highest BCUT2D eigenvalue weighted by Gasteiger charge is 2.26. The first-order valence-corrected chi connectivity index (χ1v) is 15.1. The molecule has 39 heavy (non-hydrogen) atoms. The first kappa shape index (κ1) is 28.9. The van der Waals surface area contributed by atoms with Crippen LogP contribution >= 0.6 is 34.7 Å². The van der Waals surface area contributed by atoms with Gasteiger partial charge in [-0.15, -0.1) is 28.1 Å². The number of aromatic nitrogens is 3. The molecule has 11 heteroatoms. The summed E-state index contributed by atoms with van der Waals surface area (Å²) in [7, 11) is 0. The maximum atomic E-state index is 13.1. The van der Waals surface area contributed by atoms with Crippen LogP contribution in [0.5, 0.6) is 0 Å². The standard InChI is InChI=1S/C28H31ClN6O2S2/c1-4-13-35-25(22(14-17(2)3)31-26(37)19-10-5-7-11-21(19)29)33-34-28(35)38-16-24(36)32-27-20(15-30)18-9-6-8-12-23(18)39-27/h4-5,7,10-11,17,22H,1,6,8-9,12-14,16H2,2-3H3,(H,31,37)(H,32,36)/t22-/m1/s1. The first-order chi connectivity index (χ1) is 18.8. The van der Waals surface area contributed by atoms with Crippen molar-refractivity contribution in [3.8, 4) is 6.07 Å². The van der Waals surface area contributed by atoms with Crippen molar-refractivity contribution in [3.63, 3.8) is 0 Å². The van der Waals surface area contributed by atoms with Crippen molar-refractivity contribution in [2.24, 2.45) is 5.92 Å². The zero-order valence-corrected chi connectivity index (χ0v) is 24.4. The van der Waals surface area contributed by atoms with E-state index in [9.17, 15) is 14.9 Å². The predicted octanol–water partition coefficient (Wildman–Crippen LogP) is 6.18. The maximum absolute atomic E-state index is 13.1. The molecular weight excluding hydrogens is 552 g/mol. The number of fused-ring (bicyclic) bond motifs is 1. The number of thiophene rings is 1. The summed E-state index contributed by atoms with van der Waals surface area (Å²) in [6.07, 6.45) is 6.39. The molecular formula is C28H31ClN6O2S2. The van der Waals surface area contributed by atoms with Gasteiger partial charge in [-0.25, -0.2) is 0 Å². The van der Waals surface area contributed by atoms with Crippen LogP contribution in [-0.4, -0.2) is 32.3 Å². The van der Waals surface area contributed by atoms with E-state index in [-0.39, 0.29) is 23.5 Å². The summed E-state index contributed by atoms with van der Waals surface area (Å²) >= 11 is 9.01. The number of aryl methyl sites for hydroxylation is 1. The van der Waals surface area contributed by atoms with Gasteiger partial charge in [0.2, 0.25) is 5.91 Å². The monoisotopic (exact) mass is 582 g/mol. The molecule has 0 spiro atoms. The third kappa shape index (κ3) is 6.90. The fourth-order valence-corrected chi connectivity index (χ4v) is 6.84. The topological polar surface area (TPSA) is 113 Å². The van der Waals surface area contributed by atoms with Crippen molar-refractivity contribution in [2.75, 3.05) is 11.1 Å². The molecule has 0 bridgehead atoms. The van der Waals surface area contributed by atoms with E-state index < -0.39 is 6.04 Å². The molecule has 1 aromatic carbocycles. The van der Waals surface area contributed by atoms with Gasteiger partial charge in [-0.3, -0.25) is 9.59 Å². The number of benzene rings is 1. The van der Waals surface area contributed by atoms with Gasteiger partial charge < -0.3 is 15.2 Å². The smallest absolute Gasteiger partial charge is 0.253 e. The predicted molar refractivity (Wildman–Crippen MR) is 156 cm³/mol. The highest BCUT2D eigenvalue weighted by molar-refractivity contribution is 7.99. The zero-order valence-electron chi connectivity index (χ0n) is 22.0. The number of anilines is 1. The lowest BCUT2D eigenvalue weighted by Gasteiger charge is -2.21. The van der Waals surface area contributed by atoms with Crippen LogP contribution in [0.25, 0.3) is 0 Å². The fraction of sp³-hybridized carbons (Fsp3) is 0.393. The van der Waals surface area contributed by atoms with Gasteiger partial charge in [0.1, 0.15) is 11.1 Å². The summed E-state index contributed by atoms with van der Waals surface area (Å²) in [5, 5.41) is 26.0. The van der Waals surface area contributed by atoms with Gasteiger partial charge >= 0.3 is 0 Å². The number of thioether (sulfide) groups is 1. The minimum Gasteiger partial charge on any atom is -0.342 e. The minimum absolute atomic E-state index is 0.101. The summed E-state index contributed by atoms with van der Waals surface area (Å²) < 4.78 is 1.87. The molecule has 2 heterocycles. The van der Waals surface area contributed by atoms with Crippen molar-refractivity contribution in [1.82, 2.24) is 20.1 Å². The number of nitrogens with zero attached hydrogens (tertiary/aromatic N) is 4. The lowest BCUT2D eigenvalue weighted by atomic mass is 9.96. The summed E-state index contributed by atoms with van der Waals surface area (Å²) in [5.41, 5.74) is 2.07. The fourth-order valence-electron chi connectivity index (χ4n) is 4.61.